The molecule has 8 heteroatoms. The number of benzene rings is 1. The van der Waals surface area contributed by atoms with Gasteiger partial charge >= 0.3 is 5.97 Å². The van der Waals surface area contributed by atoms with Crippen molar-refractivity contribution in [2.45, 2.75) is 18.2 Å². The number of alkyl halides is 2. The summed E-state index contributed by atoms with van der Waals surface area (Å²) in [5.74, 6) is -1.13. The molecule has 2 N–H and O–H groups in total. The predicted octanol–water partition coefficient (Wildman–Crippen LogP) is 1.64. The molecule has 0 saturated heterocycles. The lowest BCUT2D eigenvalue weighted by atomic mass is 10.1. The molecule has 20 heavy (non-hydrogen) atoms. The van der Waals surface area contributed by atoms with Crippen molar-refractivity contribution in [3.8, 4) is 0 Å². The Morgan fingerprint density at radius 2 is 2.10 bits per heavy atom. The van der Waals surface area contributed by atoms with E-state index >= 15 is 0 Å². The summed E-state index contributed by atoms with van der Waals surface area (Å²) in [6.07, 6.45) is -0.532. The molecule has 0 fully saturated rings. The van der Waals surface area contributed by atoms with Crippen LogP contribution in [0.2, 0.25) is 0 Å². The Morgan fingerprint density at radius 3 is 2.60 bits per heavy atom. The van der Waals surface area contributed by atoms with Crippen molar-refractivity contribution >= 4 is 22.1 Å². The van der Waals surface area contributed by atoms with Crippen molar-refractivity contribution in [1.82, 2.24) is 4.72 Å². The number of rotatable bonds is 6. The quantitative estimate of drug-likeness (QED) is 0.783. The fourth-order valence-electron chi connectivity index (χ4n) is 1.42. The number of hydrogen-bond acceptors (Lipinski definition) is 3. The number of halogens is 2. The topological polar surface area (TPSA) is 83.5 Å². The second-order valence-electron chi connectivity index (χ2n) is 3.93. The summed E-state index contributed by atoms with van der Waals surface area (Å²) in [4.78, 5) is 10.2. The molecule has 110 valence electrons. The number of hydrogen-bond donors (Lipinski definition) is 2. The zero-order valence-corrected chi connectivity index (χ0v) is 11.3. The summed E-state index contributed by atoms with van der Waals surface area (Å²) in [6, 6.07) is 3.92. The van der Waals surface area contributed by atoms with Gasteiger partial charge in [0.2, 0.25) is 10.0 Å². The third-order valence-corrected chi connectivity index (χ3v) is 3.81. The highest BCUT2D eigenvalue weighted by Crippen LogP contribution is 2.16. The summed E-state index contributed by atoms with van der Waals surface area (Å²) in [6.45, 7) is 0.635. The first-order valence-corrected chi connectivity index (χ1v) is 7.00. The Hall–Kier alpha value is -1.80. The minimum atomic E-state index is -4.00. The van der Waals surface area contributed by atoms with Crippen LogP contribution in [0.5, 0.6) is 0 Å². The molecule has 1 rings (SSSR count). The smallest absolute Gasteiger partial charge is 0.328 e. The van der Waals surface area contributed by atoms with E-state index in [1.807, 2.05) is 0 Å². The van der Waals surface area contributed by atoms with Crippen LogP contribution < -0.4 is 4.72 Å². The normalized spacial score (nSPS) is 12.2. The SMILES string of the molecule is Cc1cc(S(=O)(=O)NCC(F)F)ccc1/C=C/C(=O)O. The van der Waals surface area contributed by atoms with Crippen LogP contribution in [0.4, 0.5) is 8.78 Å². The summed E-state index contributed by atoms with van der Waals surface area (Å²) in [7, 11) is -4.00. The van der Waals surface area contributed by atoms with Crippen molar-refractivity contribution < 1.29 is 27.1 Å². The van der Waals surface area contributed by atoms with Crippen LogP contribution in [0.3, 0.4) is 0 Å². The van der Waals surface area contributed by atoms with E-state index in [0.717, 1.165) is 6.08 Å². The van der Waals surface area contributed by atoms with E-state index < -0.39 is 29.0 Å². The number of sulfonamides is 1. The van der Waals surface area contributed by atoms with Crippen molar-refractivity contribution in [3.05, 3.63) is 35.4 Å². The maximum Gasteiger partial charge on any atom is 0.328 e. The summed E-state index contributed by atoms with van der Waals surface area (Å²) in [5.41, 5.74) is 1.04. The maximum absolute atomic E-state index is 12.0. The van der Waals surface area contributed by atoms with Gasteiger partial charge in [-0.3, -0.25) is 0 Å². The van der Waals surface area contributed by atoms with Gasteiger partial charge in [0.1, 0.15) is 0 Å². The lowest BCUT2D eigenvalue weighted by Crippen LogP contribution is -2.28. The van der Waals surface area contributed by atoms with Crippen LogP contribution in [0, 0.1) is 6.92 Å². The molecule has 0 spiro atoms. The Morgan fingerprint density at radius 1 is 1.45 bits per heavy atom. The van der Waals surface area contributed by atoms with Gasteiger partial charge in [0.15, 0.2) is 0 Å². The molecule has 0 amide bonds. The van der Waals surface area contributed by atoms with Gasteiger partial charge in [0, 0.05) is 6.08 Å². The summed E-state index contributed by atoms with van der Waals surface area (Å²) >= 11 is 0. The Kier molecular flexibility index (Phi) is 5.34. The lowest BCUT2D eigenvalue weighted by Gasteiger charge is -2.08. The molecule has 5 nitrogen and oxygen atoms in total. The summed E-state index contributed by atoms with van der Waals surface area (Å²) < 4.78 is 49.2. The number of carbonyl (C=O) groups is 1. The molecule has 1 aromatic rings. The maximum atomic E-state index is 12.0. The molecular weight excluding hydrogens is 292 g/mol. The van der Waals surface area contributed by atoms with Crippen LogP contribution >= 0.6 is 0 Å². The first kappa shape index (κ1) is 16.3. The molecule has 0 radical (unpaired) electrons. The van der Waals surface area contributed by atoms with E-state index in [1.54, 1.807) is 11.6 Å². The fraction of sp³-hybridized carbons (Fsp3) is 0.250. The van der Waals surface area contributed by atoms with Crippen LogP contribution in [0.25, 0.3) is 6.08 Å². The average Bonchev–Trinajstić information content (AvgIpc) is 2.34. The second kappa shape index (κ2) is 6.58. The average molecular weight is 305 g/mol. The van der Waals surface area contributed by atoms with Gasteiger partial charge in [0.25, 0.3) is 6.43 Å². The zero-order chi connectivity index (χ0) is 15.3. The molecule has 0 saturated carbocycles. The van der Waals surface area contributed by atoms with Gasteiger partial charge in [-0.25, -0.2) is 26.7 Å². The highest BCUT2D eigenvalue weighted by molar-refractivity contribution is 7.89. The molecule has 0 unspecified atom stereocenters. The lowest BCUT2D eigenvalue weighted by molar-refractivity contribution is -0.131. The number of carboxylic acid groups (broad SMARTS) is 1. The number of nitrogens with one attached hydrogen (secondary N) is 1. The molecule has 0 aromatic heterocycles. The molecule has 0 heterocycles. The Labute approximate surface area is 115 Å². The van der Waals surface area contributed by atoms with Crippen molar-refractivity contribution in [2.75, 3.05) is 6.54 Å². The van der Waals surface area contributed by atoms with Crippen molar-refractivity contribution in [2.24, 2.45) is 0 Å². The molecule has 0 atom stereocenters. The first-order chi connectivity index (χ1) is 9.22. The van der Waals surface area contributed by atoms with E-state index in [1.165, 1.54) is 24.3 Å². The van der Waals surface area contributed by atoms with Gasteiger partial charge in [-0.15, -0.1) is 0 Å². The first-order valence-electron chi connectivity index (χ1n) is 5.52. The number of aliphatic carboxylic acids is 1. The van der Waals surface area contributed by atoms with E-state index in [-0.39, 0.29) is 4.90 Å². The molecule has 0 bridgehead atoms. The van der Waals surface area contributed by atoms with Gasteiger partial charge in [-0.1, -0.05) is 6.07 Å². The predicted molar refractivity (Wildman–Crippen MR) is 69.0 cm³/mol. The minimum Gasteiger partial charge on any atom is -0.478 e. The standard InChI is InChI=1S/C12H13F2NO4S/c1-8-6-10(20(18,19)15-7-11(13)14)4-2-9(8)3-5-12(16)17/h2-6,11,15H,7H2,1H3,(H,16,17)/b5-3+. The van der Waals surface area contributed by atoms with Crippen LogP contribution in [0.15, 0.2) is 29.2 Å². The van der Waals surface area contributed by atoms with Gasteiger partial charge < -0.3 is 5.11 Å². The van der Waals surface area contributed by atoms with Gasteiger partial charge in [0.05, 0.1) is 11.4 Å². The minimum absolute atomic E-state index is 0.150. The molecular formula is C12H13F2NO4S. The molecule has 0 aliphatic carbocycles. The monoisotopic (exact) mass is 305 g/mol. The third kappa shape index (κ3) is 4.71. The fourth-order valence-corrected chi connectivity index (χ4v) is 2.51. The third-order valence-electron chi connectivity index (χ3n) is 2.38. The van der Waals surface area contributed by atoms with Gasteiger partial charge in [-0.05, 0) is 36.3 Å². The van der Waals surface area contributed by atoms with Crippen molar-refractivity contribution in [1.29, 1.82) is 0 Å². The van der Waals surface area contributed by atoms with Crippen LogP contribution in [0.1, 0.15) is 11.1 Å². The van der Waals surface area contributed by atoms with Crippen molar-refractivity contribution in [3.63, 3.8) is 0 Å². The largest absolute Gasteiger partial charge is 0.478 e. The number of carboxylic acids is 1. The highest BCUT2D eigenvalue weighted by atomic mass is 32.2. The zero-order valence-electron chi connectivity index (χ0n) is 10.5. The van der Waals surface area contributed by atoms with E-state index in [9.17, 15) is 22.0 Å². The van der Waals surface area contributed by atoms with E-state index in [4.69, 9.17) is 5.11 Å². The van der Waals surface area contributed by atoms with E-state index in [2.05, 4.69) is 0 Å². The van der Waals surface area contributed by atoms with Gasteiger partial charge in [-0.2, -0.15) is 0 Å². The molecule has 0 aliphatic heterocycles. The second-order valence-corrected chi connectivity index (χ2v) is 5.70. The highest BCUT2D eigenvalue weighted by Gasteiger charge is 2.16. The van der Waals surface area contributed by atoms with Crippen LogP contribution in [-0.2, 0) is 14.8 Å². The molecule has 1 aromatic carbocycles. The van der Waals surface area contributed by atoms with Crippen LogP contribution in [-0.4, -0.2) is 32.5 Å². The number of aryl methyl sites for hydroxylation is 1. The van der Waals surface area contributed by atoms with E-state index in [0.29, 0.717) is 11.1 Å². The Balaban J connectivity index is 3.00. The summed E-state index contributed by atoms with van der Waals surface area (Å²) in [5, 5.41) is 8.51. The molecule has 0 aliphatic rings. The Bertz CT molecular complexity index is 626.